The molecule has 0 aliphatic carbocycles. The zero-order valence-corrected chi connectivity index (χ0v) is 8.52. The SMILES string of the molecule is C=CCCC(=O)/C=N/Nc1ccccc1. The van der Waals surface area contributed by atoms with Crippen molar-refractivity contribution in [3.63, 3.8) is 0 Å². The molecule has 0 unspecified atom stereocenters. The molecule has 0 radical (unpaired) electrons. The first-order valence-corrected chi connectivity index (χ1v) is 4.81. The van der Waals surface area contributed by atoms with Crippen LogP contribution in [-0.4, -0.2) is 12.0 Å². The van der Waals surface area contributed by atoms with Crippen LogP contribution in [-0.2, 0) is 4.79 Å². The van der Waals surface area contributed by atoms with Crippen LogP contribution in [0.5, 0.6) is 0 Å². The van der Waals surface area contributed by atoms with Gasteiger partial charge in [-0.15, -0.1) is 6.58 Å². The third kappa shape index (κ3) is 4.76. The van der Waals surface area contributed by atoms with Crippen molar-refractivity contribution in [3.8, 4) is 0 Å². The van der Waals surface area contributed by atoms with Gasteiger partial charge in [0, 0.05) is 6.42 Å². The van der Waals surface area contributed by atoms with Crippen molar-refractivity contribution >= 4 is 17.7 Å². The van der Waals surface area contributed by atoms with Gasteiger partial charge in [-0.1, -0.05) is 24.3 Å². The minimum Gasteiger partial charge on any atom is -0.293 e. The van der Waals surface area contributed by atoms with Crippen LogP contribution in [0.4, 0.5) is 5.69 Å². The minimum atomic E-state index is -0.00155. The van der Waals surface area contributed by atoms with E-state index in [0.29, 0.717) is 12.8 Å². The number of carbonyl (C=O) groups excluding carboxylic acids is 1. The van der Waals surface area contributed by atoms with Gasteiger partial charge in [-0.3, -0.25) is 10.2 Å². The van der Waals surface area contributed by atoms with Gasteiger partial charge in [0.2, 0.25) is 0 Å². The van der Waals surface area contributed by atoms with Gasteiger partial charge in [0.25, 0.3) is 0 Å². The van der Waals surface area contributed by atoms with Crippen LogP contribution < -0.4 is 5.43 Å². The van der Waals surface area contributed by atoms with Crippen LogP contribution in [0.3, 0.4) is 0 Å². The predicted molar refractivity (Wildman–Crippen MR) is 63.0 cm³/mol. The number of anilines is 1. The lowest BCUT2D eigenvalue weighted by atomic mass is 10.2. The molecule has 15 heavy (non-hydrogen) atoms. The molecule has 0 aliphatic rings. The molecule has 0 bridgehead atoms. The van der Waals surface area contributed by atoms with Crippen molar-refractivity contribution < 1.29 is 4.79 Å². The third-order valence-electron chi connectivity index (χ3n) is 1.77. The highest BCUT2D eigenvalue weighted by Gasteiger charge is 1.94. The first-order valence-electron chi connectivity index (χ1n) is 4.81. The fraction of sp³-hybridized carbons (Fsp3) is 0.167. The number of benzene rings is 1. The highest BCUT2D eigenvalue weighted by molar-refractivity contribution is 6.27. The summed E-state index contributed by atoms with van der Waals surface area (Å²) >= 11 is 0. The van der Waals surface area contributed by atoms with Gasteiger partial charge in [0.1, 0.15) is 0 Å². The van der Waals surface area contributed by atoms with Gasteiger partial charge >= 0.3 is 0 Å². The Balaban J connectivity index is 2.33. The van der Waals surface area contributed by atoms with Gasteiger partial charge in [-0.2, -0.15) is 5.10 Å². The molecule has 0 saturated heterocycles. The normalized spacial score (nSPS) is 10.1. The number of nitrogens with one attached hydrogen (secondary N) is 1. The number of hydrogen-bond acceptors (Lipinski definition) is 3. The molecule has 0 spiro atoms. The number of carbonyl (C=O) groups is 1. The number of hydrogen-bond donors (Lipinski definition) is 1. The molecule has 78 valence electrons. The molecule has 1 rings (SSSR count). The Morgan fingerprint density at radius 3 is 2.80 bits per heavy atom. The molecule has 0 aromatic heterocycles. The summed E-state index contributed by atoms with van der Waals surface area (Å²) in [4.78, 5) is 11.2. The van der Waals surface area contributed by atoms with E-state index in [0.717, 1.165) is 5.69 Å². The summed E-state index contributed by atoms with van der Waals surface area (Å²) in [6, 6.07) is 9.48. The van der Waals surface area contributed by atoms with Crippen molar-refractivity contribution in [2.45, 2.75) is 12.8 Å². The molecular formula is C12H14N2O. The number of rotatable bonds is 6. The molecule has 3 nitrogen and oxygen atoms in total. The van der Waals surface area contributed by atoms with Crippen LogP contribution in [0.25, 0.3) is 0 Å². The smallest absolute Gasteiger partial charge is 0.175 e. The number of nitrogens with zero attached hydrogens (tertiary/aromatic N) is 1. The second kappa shape index (κ2) is 6.54. The van der Waals surface area contributed by atoms with E-state index < -0.39 is 0 Å². The Labute approximate surface area is 89.5 Å². The number of Topliss-reactive ketones (excluding diaryl/α,β-unsaturated/α-hetero) is 1. The van der Waals surface area contributed by atoms with Crippen molar-refractivity contribution in [1.82, 2.24) is 0 Å². The maximum atomic E-state index is 11.2. The minimum absolute atomic E-state index is 0.00155. The van der Waals surface area contributed by atoms with Crippen molar-refractivity contribution in [2.75, 3.05) is 5.43 Å². The summed E-state index contributed by atoms with van der Waals surface area (Å²) in [5.74, 6) is -0.00155. The fourth-order valence-electron chi connectivity index (χ4n) is 1.00. The molecule has 3 heteroatoms. The van der Waals surface area contributed by atoms with Crippen LogP contribution in [0.1, 0.15) is 12.8 Å². The summed E-state index contributed by atoms with van der Waals surface area (Å²) in [5.41, 5.74) is 3.64. The van der Waals surface area contributed by atoms with Crippen molar-refractivity contribution in [2.24, 2.45) is 5.10 Å². The lowest BCUT2D eigenvalue weighted by molar-refractivity contribution is -0.112. The summed E-state index contributed by atoms with van der Waals surface area (Å²) in [5, 5.41) is 3.84. The second-order valence-electron chi connectivity index (χ2n) is 3.03. The Hall–Kier alpha value is -1.90. The average Bonchev–Trinajstić information content (AvgIpc) is 2.28. The molecule has 0 heterocycles. The van der Waals surface area contributed by atoms with Gasteiger partial charge in [-0.05, 0) is 18.6 Å². The van der Waals surface area contributed by atoms with E-state index in [4.69, 9.17) is 0 Å². The third-order valence-corrected chi connectivity index (χ3v) is 1.77. The number of para-hydroxylation sites is 1. The van der Waals surface area contributed by atoms with E-state index in [-0.39, 0.29) is 5.78 Å². The first-order chi connectivity index (χ1) is 7.33. The Bertz CT molecular complexity index is 344. The second-order valence-corrected chi connectivity index (χ2v) is 3.03. The summed E-state index contributed by atoms with van der Waals surface area (Å²) in [7, 11) is 0. The Morgan fingerprint density at radius 2 is 2.13 bits per heavy atom. The van der Waals surface area contributed by atoms with Gasteiger partial charge in [-0.25, -0.2) is 0 Å². The molecule has 0 fully saturated rings. The number of hydrazone groups is 1. The Morgan fingerprint density at radius 1 is 1.40 bits per heavy atom. The maximum Gasteiger partial charge on any atom is 0.175 e. The summed E-state index contributed by atoms with van der Waals surface area (Å²) in [6.07, 6.45) is 4.17. The van der Waals surface area contributed by atoms with Crippen LogP contribution in [0.15, 0.2) is 48.1 Å². The molecule has 0 aliphatic heterocycles. The Kier molecular flexibility index (Phi) is 4.87. The van der Waals surface area contributed by atoms with E-state index in [1.165, 1.54) is 6.21 Å². The highest BCUT2D eigenvalue weighted by atomic mass is 16.1. The molecule has 0 saturated carbocycles. The molecule has 1 N–H and O–H groups in total. The maximum absolute atomic E-state index is 11.2. The average molecular weight is 202 g/mol. The van der Waals surface area contributed by atoms with E-state index in [1.54, 1.807) is 6.08 Å². The number of ketones is 1. The lowest BCUT2D eigenvalue weighted by Gasteiger charge is -1.97. The fourth-order valence-corrected chi connectivity index (χ4v) is 1.00. The van der Waals surface area contributed by atoms with Crippen LogP contribution in [0.2, 0.25) is 0 Å². The van der Waals surface area contributed by atoms with E-state index in [9.17, 15) is 4.79 Å². The van der Waals surface area contributed by atoms with E-state index >= 15 is 0 Å². The zero-order chi connectivity index (χ0) is 10.9. The van der Waals surface area contributed by atoms with Gasteiger partial charge in [0.15, 0.2) is 5.78 Å². The topological polar surface area (TPSA) is 41.5 Å². The van der Waals surface area contributed by atoms with Crippen molar-refractivity contribution in [1.29, 1.82) is 0 Å². The molecule has 0 amide bonds. The zero-order valence-electron chi connectivity index (χ0n) is 8.52. The van der Waals surface area contributed by atoms with Gasteiger partial charge in [0.05, 0.1) is 11.9 Å². The van der Waals surface area contributed by atoms with E-state index in [2.05, 4.69) is 17.1 Å². The molecule has 1 aromatic carbocycles. The number of allylic oxidation sites excluding steroid dienone is 1. The van der Waals surface area contributed by atoms with Gasteiger partial charge < -0.3 is 0 Å². The van der Waals surface area contributed by atoms with Crippen LogP contribution in [0, 0.1) is 0 Å². The van der Waals surface area contributed by atoms with Crippen LogP contribution >= 0.6 is 0 Å². The molecule has 1 aromatic rings. The largest absolute Gasteiger partial charge is 0.293 e. The molecule has 0 atom stereocenters. The standard InChI is InChI=1S/C12H14N2O/c1-2-3-9-12(15)10-13-14-11-7-5-4-6-8-11/h2,4-8,10,14H,1,3,9H2/b13-10+. The predicted octanol–water partition coefficient (Wildman–Crippen LogP) is 2.62. The van der Waals surface area contributed by atoms with Crippen molar-refractivity contribution in [3.05, 3.63) is 43.0 Å². The summed E-state index contributed by atoms with van der Waals surface area (Å²) < 4.78 is 0. The first kappa shape index (κ1) is 11.2. The quantitative estimate of drug-likeness (QED) is 0.437. The lowest BCUT2D eigenvalue weighted by Crippen LogP contribution is -2.00. The highest BCUT2D eigenvalue weighted by Crippen LogP contribution is 2.03. The summed E-state index contributed by atoms with van der Waals surface area (Å²) in [6.45, 7) is 3.55. The molecular weight excluding hydrogens is 188 g/mol. The van der Waals surface area contributed by atoms with E-state index in [1.807, 2.05) is 30.3 Å². The monoisotopic (exact) mass is 202 g/mol.